The van der Waals surface area contributed by atoms with Crippen LogP contribution in [0, 0.1) is 6.58 Å². The molecule has 0 spiro atoms. The zero-order chi connectivity index (χ0) is 6.24. The summed E-state index contributed by atoms with van der Waals surface area (Å²) in [6, 6.07) is 0. The standard InChI is InChI=1S/C7H7.Co/c1-3-5-7-6-4-2;/h1-7H;/q-1;/b5-3-,7-6-;. The molecule has 0 aliphatic rings. The van der Waals surface area contributed by atoms with Crippen LogP contribution in [0.3, 0.4) is 0 Å². The third kappa shape index (κ3) is 5.60. The zero-order valence-corrected chi connectivity index (χ0v) is 5.42. The van der Waals surface area contributed by atoms with Gasteiger partial charge in [-0.1, -0.05) is 0 Å². The molecule has 0 aromatic heterocycles. The molecule has 0 amide bonds. The van der Waals surface area contributed by atoms with Gasteiger partial charge in [-0.05, 0) is 0 Å². The SMILES string of the molecule is [CH-]=C/C=C\C=C/[CH]=[Co]. The summed E-state index contributed by atoms with van der Waals surface area (Å²) in [6.45, 7) is 5.04. The monoisotopic (exact) mass is 150 g/mol. The Morgan fingerprint density at radius 1 is 1.00 bits per heavy atom. The second kappa shape index (κ2) is 6.60. The van der Waals surface area contributed by atoms with Gasteiger partial charge in [-0.25, -0.2) is 0 Å². The number of allylic oxidation sites excluding steroid dienone is 5. The van der Waals surface area contributed by atoms with Crippen molar-refractivity contribution in [2.75, 3.05) is 0 Å². The molecule has 1 heteroatoms. The molecule has 8 heavy (non-hydrogen) atoms. The van der Waals surface area contributed by atoms with Crippen LogP contribution in [0.15, 0.2) is 30.4 Å². The topological polar surface area (TPSA) is 0 Å². The van der Waals surface area contributed by atoms with Crippen molar-refractivity contribution in [3.05, 3.63) is 37.0 Å². The van der Waals surface area contributed by atoms with E-state index in [2.05, 4.69) is 15.3 Å². The van der Waals surface area contributed by atoms with Crippen molar-refractivity contribution < 1.29 is 15.3 Å². The molecule has 0 saturated carbocycles. The fourth-order valence-electron chi connectivity index (χ4n) is 0.229. The molecular formula is C7H7Co-. The van der Waals surface area contributed by atoms with Crippen LogP contribution in [0.25, 0.3) is 0 Å². The summed E-state index contributed by atoms with van der Waals surface area (Å²) in [5, 5.41) is 0. The van der Waals surface area contributed by atoms with Crippen molar-refractivity contribution in [1.82, 2.24) is 0 Å². The molecule has 45 valence electrons. The van der Waals surface area contributed by atoms with Crippen LogP contribution in [-0.4, -0.2) is 4.96 Å². The first-order valence-electron chi connectivity index (χ1n) is 2.19. The molecule has 0 atom stereocenters. The van der Waals surface area contributed by atoms with Crippen molar-refractivity contribution >= 4 is 4.96 Å². The van der Waals surface area contributed by atoms with E-state index in [1.165, 1.54) is 6.08 Å². The molecule has 0 bridgehead atoms. The number of hydrogen-bond donors (Lipinski definition) is 0. The summed E-state index contributed by atoms with van der Waals surface area (Å²) in [5.41, 5.74) is 0. The molecule has 0 saturated heterocycles. The van der Waals surface area contributed by atoms with Gasteiger partial charge in [0.25, 0.3) is 0 Å². The summed E-state index contributed by atoms with van der Waals surface area (Å²) in [6.07, 6.45) is 8.69. The Balaban J connectivity index is 3.41. The Bertz CT molecular complexity index is 104. The molecule has 0 aromatic carbocycles. The van der Waals surface area contributed by atoms with Gasteiger partial charge in [-0.2, -0.15) is 0 Å². The first-order valence-corrected chi connectivity index (χ1v) is 2.79. The average Bonchev–Trinajstić information content (AvgIpc) is 1.81. The number of rotatable bonds is 3. The van der Waals surface area contributed by atoms with E-state index in [1.807, 2.05) is 12.2 Å². The summed E-state index contributed by atoms with van der Waals surface area (Å²) < 4.78 is 0. The Morgan fingerprint density at radius 3 is 2.12 bits per heavy atom. The van der Waals surface area contributed by atoms with E-state index in [-0.39, 0.29) is 0 Å². The van der Waals surface area contributed by atoms with Gasteiger partial charge < -0.3 is 0 Å². The second-order valence-corrected chi connectivity index (χ2v) is 1.42. The predicted molar refractivity (Wildman–Crippen MR) is 33.2 cm³/mol. The minimum absolute atomic E-state index is 1.47. The van der Waals surface area contributed by atoms with Crippen LogP contribution in [0.2, 0.25) is 0 Å². The van der Waals surface area contributed by atoms with Gasteiger partial charge in [0.15, 0.2) is 0 Å². The van der Waals surface area contributed by atoms with E-state index in [4.69, 9.17) is 6.58 Å². The molecule has 0 radical (unpaired) electrons. The van der Waals surface area contributed by atoms with Crippen molar-refractivity contribution in [3.8, 4) is 0 Å². The Labute approximate surface area is 57.7 Å². The van der Waals surface area contributed by atoms with Gasteiger partial charge in [0.2, 0.25) is 0 Å². The fourth-order valence-corrected chi connectivity index (χ4v) is 0.345. The second-order valence-electron chi connectivity index (χ2n) is 1.07. The molecule has 0 fully saturated rings. The number of hydrogen-bond acceptors (Lipinski definition) is 0. The normalized spacial score (nSPS) is 10.6. The van der Waals surface area contributed by atoms with Crippen molar-refractivity contribution in [3.63, 3.8) is 0 Å². The van der Waals surface area contributed by atoms with E-state index in [0.29, 0.717) is 0 Å². The van der Waals surface area contributed by atoms with Crippen LogP contribution in [-0.2, 0) is 15.3 Å². The fraction of sp³-hybridized carbons (Fsp3) is 0. The van der Waals surface area contributed by atoms with E-state index >= 15 is 0 Å². The van der Waals surface area contributed by atoms with Gasteiger partial charge >= 0.3 is 57.2 Å². The first-order chi connectivity index (χ1) is 3.91. The molecule has 0 aromatic rings. The third-order valence-corrected chi connectivity index (χ3v) is 0.709. The van der Waals surface area contributed by atoms with Gasteiger partial charge in [-0.15, -0.1) is 0 Å². The van der Waals surface area contributed by atoms with Crippen LogP contribution in [0.4, 0.5) is 0 Å². The van der Waals surface area contributed by atoms with E-state index < -0.39 is 0 Å². The zero-order valence-electron chi connectivity index (χ0n) is 4.37. The quantitative estimate of drug-likeness (QED) is 0.421. The van der Waals surface area contributed by atoms with Gasteiger partial charge in [0.1, 0.15) is 0 Å². The molecule has 0 aliphatic carbocycles. The maximum absolute atomic E-state index is 5.04. The third-order valence-electron chi connectivity index (χ3n) is 0.509. The maximum atomic E-state index is 5.04. The average molecular weight is 150 g/mol. The van der Waals surface area contributed by atoms with Crippen LogP contribution in [0.1, 0.15) is 0 Å². The Kier molecular flexibility index (Phi) is 6.26. The summed E-state index contributed by atoms with van der Waals surface area (Å²) in [7, 11) is 0. The van der Waals surface area contributed by atoms with E-state index in [0.717, 1.165) is 0 Å². The van der Waals surface area contributed by atoms with Crippen LogP contribution in [0.5, 0.6) is 0 Å². The molecule has 0 rings (SSSR count). The molecule has 0 heterocycles. The van der Waals surface area contributed by atoms with Gasteiger partial charge in [0.05, 0.1) is 0 Å². The molecule has 0 unspecified atom stereocenters. The molecule has 0 nitrogen and oxygen atoms in total. The predicted octanol–water partition coefficient (Wildman–Crippen LogP) is 1.44. The first kappa shape index (κ1) is 7.60. The van der Waals surface area contributed by atoms with Crippen molar-refractivity contribution in [1.29, 1.82) is 0 Å². The summed E-state index contributed by atoms with van der Waals surface area (Å²) in [4.78, 5) is 1.65. The summed E-state index contributed by atoms with van der Waals surface area (Å²) >= 11 is 3.88. The van der Waals surface area contributed by atoms with E-state index in [9.17, 15) is 0 Å². The van der Waals surface area contributed by atoms with Crippen LogP contribution < -0.4 is 0 Å². The van der Waals surface area contributed by atoms with Crippen molar-refractivity contribution in [2.24, 2.45) is 0 Å². The van der Waals surface area contributed by atoms with Gasteiger partial charge in [0, 0.05) is 0 Å². The molecular weight excluding hydrogens is 143 g/mol. The van der Waals surface area contributed by atoms with Gasteiger partial charge in [-0.3, -0.25) is 0 Å². The molecule has 0 N–H and O–H groups in total. The Morgan fingerprint density at radius 2 is 1.62 bits per heavy atom. The van der Waals surface area contributed by atoms with E-state index in [1.54, 1.807) is 17.1 Å². The van der Waals surface area contributed by atoms with Crippen molar-refractivity contribution in [2.45, 2.75) is 0 Å². The van der Waals surface area contributed by atoms with Crippen LogP contribution >= 0.6 is 0 Å². The minimum atomic E-state index is 1.47. The molecule has 0 aliphatic heterocycles. The Hall–Kier alpha value is -0.404. The summed E-state index contributed by atoms with van der Waals surface area (Å²) in [5.74, 6) is 0.